The second-order valence-electron chi connectivity index (χ2n) is 11.7. The maximum Gasteiger partial charge on any atom is 0.201 e. The highest BCUT2D eigenvalue weighted by Crippen LogP contribution is 2.42. The average molecular weight is 547 g/mol. The first-order chi connectivity index (χ1) is 19.5. The van der Waals surface area contributed by atoms with E-state index in [0.717, 1.165) is 53.7 Å². The molecule has 0 radical (unpaired) electrons. The molecule has 0 spiro atoms. The van der Waals surface area contributed by atoms with E-state index in [1.165, 1.54) is 50.7 Å². The van der Waals surface area contributed by atoms with Gasteiger partial charge in [-0.25, -0.2) is 8.78 Å². The van der Waals surface area contributed by atoms with Crippen LogP contribution < -0.4 is 4.74 Å². The summed E-state index contributed by atoms with van der Waals surface area (Å²) in [6.07, 6.45) is 14.3. The molecule has 40 heavy (non-hydrogen) atoms. The summed E-state index contributed by atoms with van der Waals surface area (Å²) in [5.41, 5.74) is 4.15. The number of hydrogen-bond acceptors (Lipinski definition) is 1. The molecule has 3 aromatic carbocycles. The standard InChI is InChI=1S/C36H41F3O/c1-3-5-24-6-8-25(9-7-24)26-10-14-28(15-11-26)31-19-18-30(23-33(31)37)27-12-16-29(17-13-27)32-20-21-34(40-22-4-2)36(39)35(32)38/h12-14,16-21,23-26H,3-11,15,22H2,1-2H3. The molecule has 1 atom stereocenters. The summed E-state index contributed by atoms with van der Waals surface area (Å²) in [4.78, 5) is 0. The summed E-state index contributed by atoms with van der Waals surface area (Å²) in [6.45, 7) is 4.53. The van der Waals surface area contributed by atoms with Gasteiger partial charge in [0.2, 0.25) is 5.82 Å². The van der Waals surface area contributed by atoms with Gasteiger partial charge in [0.25, 0.3) is 0 Å². The molecule has 2 aliphatic rings. The highest BCUT2D eigenvalue weighted by molar-refractivity contribution is 5.74. The predicted molar refractivity (Wildman–Crippen MR) is 159 cm³/mol. The van der Waals surface area contributed by atoms with Crippen LogP contribution in [0.25, 0.3) is 27.8 Å². The molecule has 0 aliphatic heterocycles. The van der Waals surface area contributed by atoms with Gasteiger partial charge in [-0.2, -0.15) is 4.39 Å². The Balaban J connectivity index is 1.24. The Bertz CT molecular complexity index is 1320. The normalized spacial score (nSPS) is 21.2. The van der Waals surface area contributed by atoms with Crippen LogP contribution in [-0.4, -0.2) is 6.61 Å². The van der Waals surface area contributed by atoms with Gasteiger partial charge in [-0.15, -0.1) is 0 Å². The molecule has 1 fully saturated rings. The molecule has 0 saturated heterocycles. The van der Waals surface area contributed by atoms with E-state index in [1.54, 1.807) is 18.2 Å². The molecule has 3 aromatic rings. The minimum atomic E-state index is -0.977. The number of hydrogen-bond donors (Lipinski definition) is 0. The fraction of sp³-hybridized carbons (Fsp3) is 0.444. The molecule has 0 amide bonds. The van der Waals surface area contributed by atoms with E-state index in [0.29, 0.717) is 24.2 Å². The number of ether oxygens (including phenoxy) is 1. The lowest BCUT2D eigenvalue weighted by Crippen LogP contribution is -2.23. The molecule has 212 valence electrons. The van der Waals surface area contributed by atoms with Crippen molar-refractivity contribution in [3.63, 3.8) is 0 Å². The van der Waals surface area contributed by atoms with Crippen LogP contribution >= 0.6 is 0 Å². The van der Waals surface area contributed by atoms with E-state index in [9.17, 15) is 8.78 Å². The average Bonchev–Trinajstić information content (AvgIpc) is 2.99. The van der Waals surface area contributed by atoms with Crippen molar-refractivity contribution in [2.45, 2.75) is 78.1 Å². The zero-order valence-corrected chi connectivity index (χ0v) is 23.8. The van der Waals surface area contributed by atoms with E-state index in [1.807, 2.05) is 31.2 Å². The van der Waals surface area contributed by atoms with Crippen LogP contribution in [0.2, 0.25) is 0 Å². The fourth-order valence-electron chi connectivity index (χ4n) is 6.76. The van der Waals surface area contributed by atoms with Gasteiger partial charge in [0.05, 0.1) is 6.61 Å². The van der Waals surface area contributed by atoms with Crippen LogP contribution in [0.3, 0.4) is 0 Å². The van der Waals surface area contributed by atoms with E-state index >= 15 is 4.39 Å². The highest BCUT2D eigenvalue weighted by Gasteiger charge is 2.29. The van der Waals surface area contributed by atoms with Crippen LogP contribution in [-0.2, 0) is 0 Å². The molecular weight excluding hydrogens is 505 g/mol. The Morgan fingerprint density at radius 3 is 2.05 bits per heavy atom. The molecule has 0 N–H and O–H groups in total. The minimum Gasteiger partial charge on any atom is -0.490 e. The van der Waals surface area contributed by atoms with Crippen LogP contribution in [0.15, 0.2) is 60.7 Å². The first-order valence-corrected chi connectivity index (χ1v) is 15.2. The van der Waals surface area contributed by atoms with Gasteiger partial charge in [-0.3, -0.25) is 0 Å². The third-order valence-corrected chi connectivity index (χ3v) is 9.06. The third-order valence-electron chi connectivity index (χ3n) is 9.06. The largest absolute Gasteiger partial charge is 0.490 e. The Hall–Kier alpha value is -3.01. The lowest BCUT2D eigenvalue weighted by Gasteiger charge is -2.35. The van der Waals surface area contributed by atoms with E-state index in [4.69, 9.17) is 4.74 Å². The van der Waals surface area contributed by atoms with Gasteiger partial charge in [-0.1, -0.05) is 82.0 Å². The van der Waals surface area contributed by atoms with Gasteiger partial charge in [0.1, 0.15) is 5.82 Å². The van der Waals surface area contributed by atoms with Crippen molar-refractivity contribution in [1.82, 2.24) is 0 Å². The van der Waals surface area contributed by atoms with E-state index in [-0.39, 0.29) is 17.1 Å². The van der Waals surface area contributed by atoms with Crippen molar-refractivity contribution in [2.24, 2.45) is 17.8 Å². The van der Waals surface area contributed by atoms with Crippen molar-refractivity contribution in [3.8, 4) is 28.0 Å². The maximum absolute atomic E-state index is 15.3. The Morgan fingerprint density at radius 2 is 1.40 bits per heavy atom. The molecule has 2 aliphatic carbocycles. The molecule has 1 saturated carbocycles. The summed E-state index contributed by atoms with van der Waals surface area (Å²) in [5, 5.41) is 0. The number of halogens is 3. The first kappa shape index (κ1) is 28.5. The second kappa shape index (κ2) is 13.1. The molecule has 1 unspecified atom stereocenters. The third kappa shape index (κ3) is 6.32. The smallest absolute Gasteiger partial charge is 0.201 e. The second-order valence-corrected chi connectivity index (χ2v) is 11.7. The molecule has 0 heterocycles. The Kier molecular flexibility index (Phi) is 9.34. The van der Waals surface area contributed by atoms with Crippen molar-refractivity contribution in [2.75, 3.05) is 6.61 Å². The van der Waals surface area contributed by atoms with Crippen molar-refractivity contribution >= 4 is 5.57 Å². The molecule has 0 bridgehead atoms. The number of allylic oxidation sites excluding steroid dienone is 2. The number of benzene rings is 3. The quantitative estimate of drug-likeness (QED) is 0.259. The zero-order valence-electron chi connectivity index (χ0n) is 23.8. The van der Waals surface area contributed by atoms with Gasteiger partial charge in [0.15, 0.2) is 11.6 Å². The molecule has 5 rings (SSSR count). The summed E-state index contributed by atoms with van der Waals surface area (Å²) >= 11 is 0. The Labute approximate surface area is 237 Å². The van der Waals surface area contributed by atoms with Crippen molar-refractivity contribution in [3.05, 3.63) is 83.7 Å². The molecule has 1 nitrogen and oxygen atoms in total. The van der Waals surface area contributed by atoms with Crippen molar-refractivity contribution in [1.29, 1.82) is 0 Å². The summed E-state index contributed by atoms with van der Waals surface area (Å²) < 4.78 is 49.8. The zero-order chi connectivity index (χ0) is 28.1. The lowest BCUT2D eigenvalue weighted by atomic mass is 9.70. The highest BCUT2D eigenvalue weighted by atomic mass is 19.2. The van der Waals surface area contributed by atoms with Crippen LogP contribution in [0, 0.1) is 35.2 Å². The van der Waals surface area contributed by atoms with Gasteiger partial charge in [0, 0.05) is 11.1 Å². The van der Waals surface area contributed by atoms with Crippen LogP contribution in [0.1, 0.15) is 83.6 Å². The van der Waals surface area contributed by atoms with Gasteiger partial charge in [-0.05, 0) is 96.7 Å². The summed E-state index contributed by atoms with van der Waals surface area (Å²) in [5.74, 6) is 0.319. The van der Waals surface area contributed by atoms with E-state index in [2.05, 4.69) is 13.0 Å². The molecular formula is C36H41F3O. The van der Waals surface area contributed by atoms with E-state index < -0.39 is 11.6 Å². The predicted octanol–water partition coefficient (Wildman–Crippen LogP) is 11.0. The maximum atomic E-state index is 15.3. The van der Waals surface area contributed by atoms with Crippen LogP contribution in [0.4, 0.5) is 13.2 Å². The molecule has 0 aromatic heterocycles. The summed E-state index contributed by atoms with van der Waals surface area (Å²) in [7, 11) is 0. The lowest BCUT2D eigenvalue weighted by molar-refractivity contribution is 0.189. The topological polar surface area (TPSA) is 9.23 Å². The Morgan fingerprint density at radius 1 is 0.700 bits per heavy atom. The minimum absolute atomic E-state index is 0.0755. The van der Waals surface area contributed by atoms with Gasteiger partial charge < -0.3 is 4.74 Å². The first-order valence-electron chi connectivity index (χ1n) is 15.2. The van der Waals surface area contributed by atoms with Crippen LogP contribution in [0.5, 0.6) is 5.75 Å². The monoisotopic (exact) mass is 546 g/mol. The molecule has 4 heteroatoms. The van der Waals surface area contributed by atoms with Crippen molar-refractivity contribution < 1.29 is 17.9 Å². The van der Waals surface area contributed by atoms with Gasteiger partial charge >= 0.3 is 0 Å². The fourth-order valence-corrected chi connectivity index (χ4v) is 6.76. The summed E-state index contributed by atoms with van der Waals surface area (Å²) in [6, 6.07) is 15.6. The SMILES string of the molecule is CCCOc1ccc(-c2ccc(-c3ccc(C4=CCC(C5CCC(CCC)CC5)CC4)c(F)c3)cc2)c(F)c1F. The number of rotatable bonds is 9.